The number of aliphatic hydroxyl groups excluding tert-OH is 2. The fourth-order valence-electron chi connectivity index (χ4n) is 11.2. The Morgan fingerprint density at radius 1 is 0.354 bits per heavy atom. The third kappa shape index (κ3) is 65.1. The van der Waals surface area contributed by atoms with Crippen LogP contribution in [0.15, 0.2) is 36.5 Å². The molecule has 0 saturated carbocycles. The second-order valence-corrected chi connectivity index (χ2v) is 24.6. The number of amides is 1. The quantitative estimate of drug-likeness (QED) is 0.0320. The van der Waals surface area contributed by atoms with Crippen LogP contribution in [0.2, 0.25) is 0 Å². The Labute approximate surface area is 494 Å². The zero-order valence-electron chi connectivity index (χ0n) is 53.4. The number of esters is 1. The van der Waals surface area contributed by atoms with Gasteiger partial charge in [0.25, 0.3) is 0 Å². The summed E-state index contributed by atoms with van der Waals surface area (Å²) in [6.45, 7) is 4.87. The van der Waals surface area contributed by atoms with Crippen LogP contribution in [0.3, 0.4) is 0 Å². The maximum atomic E-state index is 12.5. The van der Waals surface area contributed by atoms with Gasteiger partial charge in [0.1, 0.15) is 0 Å². The summed E-state index contributed by atoms with van der Waals surface area (Å²) in [7, 11) is 0. The van der Waals surface area contributed by atoms with E-state index < -0.39 is 12.1 Å². The molecule has 6 nitrogen and oxygen atoms in total. The molecule has 6 heteroatoms. The third-order valence-corrected chi connectivity index (χ3v) is 16.6. The van der Waals surface area contributed by atoms with Crippen LogP contribution in [0, 0.1) is 0 Å². The molecule has 0 aliphatic rings. The Hall–Kier alpha value is -1.92. The second-order valence-electron chi connectivity index (χ2n) is 24.6. The Bertz CT molecular complexity index is 1280. The highest BCUT2D eigenvalue weighted by Gasteiger charge is 2.18. The molecule has 2 unspecified atom stereocenters. The Kier molecular flexibility index (Phi) is 66.9. The van der Waals surface area contributed by atoms with E-state index in [2.05, 4.69) is 43.5 Å². The monoisotopic (exact) mass is 1110 g/mol. The summed E-state index contributed by atoms with van der Waals surface area (Å²) in [6, 6.07) is -0.628. The first kappa shape index (κ1) is 77.1. The predicted molar refractivity (Wildman–Crippen MR) is 347 cm³/mol. The Morgan fingerprint density at radius 3 is 1.01 bits per heavy atom. The van der Waals surface area contributed by atoms with Gasteiger partial charge in [0.2, 0.25) is 5.91 Å². The van der Waals surface area contributed by atoms with Crippen LogP contribution in [0.4, 0.5) is 0 Å². The van der Waals surface area contributed by atoms with Gasteiger partial charge < -0.3 is 20.3 Å². The van der Waals surface area contributed by atoms with Crippen molar-refractivity contribution in [2.45, 2.75) is 405 Å². The fourth-order valence-corrected chi connectivity index (χ4v) is 11.2. The molecule has 466 valence electrons. The van der Waals surface area contributed by atoms with Crippen molar-refractivity contribution in [2.24, 2.45) is 0 Å². The molecule has 0 fully saturated rings. The van der Waals surface area contributed by atoms with Gasteiger partial charge >= 0.3 is 5.97 Å². The summed E-state index contributed by atoms with van der Waals surface area (Å²) in [6.07, 6.45) is 88.0. The summed E-state index contributed by atoms with van der Waals surface area (Å²) >= 11 is 0. The smallest absolute Gasteiger partial charge is 0.305 e. The maximum absolute atomic E-state index is 12.5. The molecule has 3 N–H and O–H groups in total. The normalized spacial score (nSPS) is 12.7. The van der Waals surface area contributed by atoms with Gasteiger partial charge in [-0.25, -0.2) is 0 Å². The lowest BCUT2D eigenvalue weighted by Gasteiger charge is -2.20. The van der Waals surface area contributed by atoms with E-state index in [0.29, 0.717) is 19.4 Å². The molecule has 0 rings (SSSR count). The van der Waals surface area contributed by atoms with Crippen LogP contribution in [0.25, 0.3) is 0 Å². The number of ether oxygens (including phenoxy) is 1. The Morgan fingerprint density at radius 2 is 0.658 bits per heavy atom. The molecule has 0 saturated heterocycles. The van der Waals surface area contributed by atoms with Crippen LogP contribution >= 0.6 is 0 Å². The molecular formula is C73H139NO5. The van der Waals surface area contributed by atoms with E-state index >= 15 is 0 Å². The maximum Gasteiger partial charge on any atom is 0.305 e. The zero-order chi connectivity index (χ0) is 57.1. The van der Waals surface area contributed by atoms with Crippen molar-refractivity contribution in [1.29, 1.82) is 0 Å². The number of carbonyl (C=O) groups excluding carboxylic acids is 2. The van der Waals surface area contributed by atoms with Gasteiger partial charge in [-0.15, -0.1) is 0 Å². The summed E-state index contributed by atoms with van der Waals surface area (Å²) in [5, 5.41) is 23.3. The molecule has 0 aliphatic carbocycles. The van der Waals surface area contributed by atoms with E-state index in [1.807, 2.05) is 6.08 Å². The molecule has 0 bridgehead atoms. The van der Waals surface area contributed by atoms with Crippen LogP contribution in [-0.4, -0.2) is 47.4 Å². The summed E-state index contributed by atoms with van der Waals surface area (Å²) in [4.78, 5) is 24.6. The first-order valence-electron chi connectivity index (χ1n) is 35.8. The van der Waals surface area contributed by atoms with Crippen molar-refractivity contribution in [2.75, 3.05) is 13.2 Å². The third-order valence-electron chi connectivity index (χ3n) is 16.6. The molecule has 79 heavy (non-hydrogen) atoms. The minimum absolute atomic E-state index is 0.00107. The highest BCUT2D eigenvalue weighted by atomic mass is 16.5. The fraction of sp³-hybridized carbons (Fsp3) is 0.890. The number of hydrogen-bond acceptors (Lipinski definition) is 5. The van der Waals surface area contributed by atoms with Crippen molar-refractivity contribution in [3.8, 4) is 0 Å². The first-order valence-corrected chi connectivity index (χ1v) is 35.8. The van der Waals surface area contributed by atoms with E-state index in [0.717, 1.165) is 51.4 Å². The number of rotatable bonds is 67. The van der Waals surface area contributed by atoms with Gasteiger partial charge in [0, 0.05) is 12.8 Å². The first-order chi connectivity index (χ1) is 39.0. The zero-order valence-corrected chi connectivity index (χ0v) is 53.4. The second kappa shape index (κ2) is 68.6. The molecule has 2 atom stereocenters. The molecule has 0 radical (unpaired) electrons. The number of hydrogen-bond donors (Lipinski definition) is 3. The lowest BCUT2D eigenvalue weighted by atomic mass is 10.0. The van der Waals surface area contributed by atoms with Crippen LogP contribution in [-0.2, 0) is 14.3 Å². The molecule has 0 aromatic heterocycles. The van der Waals surface area contributed by atoms with Crippen molar-refractivity contribution >= 4 is 11.9 Å². The highest BCUT2D eigenvalue weighted by molar-refractivity contribution is 5.76. The number of nitrogens with one attached hydrogen (secondary N) is 1. The van der Waals surface area contributed by atoms with Gasteiger partial charge in [0.15, 0.2) is 0 Å². The summed E-state index contributed by atoms with van der Waals surface area (Å²) in [5.74, 6) is -0.0611. The number of unbranched alkanes of at least 4 members (excludes halogenated alkanes) is 52. The molecule has 1 amide bonds. The van der Waals surface area contributed by atoms with Crippen LogP contribution in [0.1, 0.15) is 393 Å². The van der Waals surface area contributed by atoms with Crippen molar-refractivity contribution in [3.63, 3.8) is 0 Å². The van der Waals surface area contributed by atoms with Crippen molar-refractivity contribution in [1.82, 2.24) is 5.32 Å². The van der Waals surface area contributed by atoms with Crippen molar-refractivity contribution in [3.05, 3.63) is 36.5 Å². The lowest BCUT2D eigenvalue weighted by molar-refractivity contribution is -0.143. The molecule has 0 aromatic rings. The van der Waals surface area contributed by atoms with Gasteiger partial charge in [-0.3, -0.25) is 9.59 Å². The van der Waals surface area contributed by atoms with E-state index in [-0.39, 0.29) is 18.5 Å². The number of aliphatic hydroxyl groups is 2. The van der Waals surface area contributed by atoms with Gasteiger partial charge in [-0.1, -0.05) is 359 Å². The molecule has 0 aliphatic heterocycles. The summed E-state index contributed by atoms with van der Waals surface area (Å²) < 4.78 is 5.48. The minimum Gasteiger partial charge on any atom is -0.466 e. The average molecular weight is 1110 g/mol. The summed E-state index contributed by atoms with van der Waals surface area (Å²) in [5.41, 5.74) is 0. The van der Waals surface area contributed by atoms with Gasteiger partial charge in [0.05, 0.1) is 25.4 Å². The molecular weight excluding hydrogens is 971 g/mol. The lowest BCUT2D eigenvalue weighted by Crippen LogP contribution is -2.45. The van der Waals surface area contributed by atoms with E-state index in [9.17, 15) is 19.8 Å². The molecule has 0 heterocycles. The minimum atomic E-state index is -0.845. The van der Waals surface area contributed by atoms with E-state index in [1.54, 1.807) is 6.08 Å². The van der Waals surface area contributed by atoms with E-state index in [1.165, 1.54) is 315 Å². The predicted octanol–water partition coefficient (Wildman–Crippen LogP) is 23.1. The molecule has 0 spiro atoms. The SMILES string of the molecule is CCC/C=C\C/C=C\CCCCCCCC(=O)OCCCCCCCCCCCCCCCCCCCCCCCCCCCC(=O)NC(CO)C(O)/C=C/CCCCCCCCCCCCCCCCCCCCCCCC. The highest BCUT2D eigenvalue weighted by Crippen LogP contribution is 2.19. The van der Waals surface area contributed by atoms with Crippen molar-refractivity contribution < 1.29 is 24.5 Å². The van der Waals surface area contributed by atoms with Crippen LogP contribution in [0.5, 0.6) is 0 Å². The Balaban J connectivity index is 3.40. The van der Waals surface area contributed by atoms with Crippen LogP contribution < -0.4 is 5.32 Å². The van der Waals surface area contributed by atoms with Gasteiger partial charge in [-0.05, 0) is 57.8 Å². The standard InChI is InChI=1S/C73H139NO5/c1-3-5-7-9-11-13-15-17-18-19-20-21-22-26-29-32-35-38-42-45-49-53-57-61-65-71(76)70(69-75)74-72(77)66-62-58-54-50-46-43-39-36-33-30-27-24-23-25-28-31-34-37-40-44-48-52-56-60-64-68-79-73(78)67-63-59-55-51-47-41-16-14-12-10-8-6-4-2/h8,10,14,16,61,65,70-71,75-76H,3-7,9,11-13,15,17-60,62-64,66-69H2,1-2H3,(H,74,77)/b10-8-,16-14-,65-61+. The average Bonchev–Trinajstić information content (AvgIpc) is 3.45. The van der Waals surface area contributed by atoms with Gasteiger partial charge in [-0.2, -0.15) is 0 Å². The largest absolute Gasteiger partial charge is 0.466 e. The number of allylic oxidation sites excluding steroid dienone is 5. The number of carbonyl (C=O) groups is 2. The molecule has 0 aromatic carbocycles. The van der Waals surface area contributed by atoms with E-state index in [4.69, 9.17) is 4.74 Å². The topological polar surface area (TPSA) is 95.9 Å².